The van der Waals surface area contributed by atoms with Crippen LogP contribution in [0, 0.1) is 0 Å². The number of amides is 1. The summed E-state index contributed by atoms with van der Waals surface area (Å²) < 4.78 is 4.59. The maximum absolute atomic E-state index is 11.9. The van der Waals surface area contributed by atoms with Crippen molar-refractivity contribution >= 4 is 29.3 Å². The number of carbonyl (C=O) groups excluding carboxylic acids is 2. The lowest BCUT2D eigenvalue weighted by Crippen LogP contribution is -2.15. The molecule has 0 unspecified atom stereocenters. The van der Waals surface area contributed by atoms with Gasteiger partial charge >= 0.3 is 5.97 Å². The molecule has 1 aromatic heterocycles. The second-order valence-electron chi connectivity index (χ2n) is 4.61. The monoisotopic (exact) mass is 352 g/mol. The van der Waals surface area contributed by atoms with E-state index in [0.717, 1.165) is 13.2 Å². The molecule has 0 bridgehead atoms. The molecule has 3 N–H and O–H groups in total. The van der Waals surface area contributed by atoms with E-state index in [2.05, 4.69) is 25.2 Å². The van der Waals surface area contributed by atoms with Gasteiger partial charge < -0.3 is 20.3 Å². The number of methoxy groups -OCH3 is 1. The number of carbonyl (C=O) groups is 2. The molecule has 0 saturated carbocycles. The van der Waals surface area contributed by atoms with Gasteiger partial charge in [-0.1, -0.05) is 11.6 Å². The number of benzene rings is 1. The van der Waals surface area contributed by atoms with Crippen molar-refractivity contribution in [3.8, 4) is 11.5 Å². The third-order valence-electron chi connectivity index (χ3n) is 3.08. The lowest BCUT2D eigenvalue weighted by atomic mass is 10.0. The van der Waals surface area contributed by atoms with Crippen LogP contribution in [-0.2, 0) is 16.0 Å². The highest BCUT2D eigenvalue weighted by Gasteiger charge is 2.23. The molecule has 0 aliphatic carbocycles. The molecule has 1 heterocycles. The Labute approximate surface area is 141 Å². The number of anilines is 1. The van der Waals surface area contributed by atoms with Crippen molar-refractivity contribution < 1.29 is 24.5 Å². The van der Waals surface area contributed by atoms with E-state index in [4.69, 9.17) is 11.6 Å². The van der Waals surface area contributed by atoms with E-state index in [-0.39, 0.29) is 34.8 Å². The zero-order valence-corrected chi connectivity index (χ0v) is 13.2. The van der Waals surface area contributed by atoms with Crippen molar-refractivity contribution in [2.75, 3.05) is 12.4 Å². The topological polar surface area (TPSA) is 135 Å². The Morgan fingerprint density at radius 1 is 1.29 bits per heavy atom. The fourth-order valence-corrected chi connectivity index (χ4v) is 2.24. The van der Waals surface area contributed by atoms with E-state index in [1.165, 1.54) is 12.5 Å². The van der Waals surface area contributed by atoms with Crippen LogP contribution in [0.2, 0.25) is 5.02 Å². The van der Waals surface area contributed by atoms with Gasteiger partial charge in [0.05, 0.1) is 18.3 Å². The summed E-state index contributed by atoms with van der Waals surface area (Å²) in [7, 11) is 1.14. The summed E-state index contributed by atoms with van der Waals surface area (Å²) in [6, 6.07) is 0.935. The van der Waals surface area contributed by atoms with Gasteiger partial charge in [-0.3, -0.25) is 4.79 Å². The van der Waals surface area contributed by atoms with E-state index in [9.17, 15) is 19.8 Å². The molecule has 24 heavy (non-hydrogen) atoms. The number of aromatic nitrogens is 3. The highest BCUT2D eigenvalue weighted by molar-refractivity contribution is 6.33. The third-order valence-corrected chi connectivity index (χ3v) is 3.50. The maximum atomic E-state index is 11.9. The van der Waals surface area contributed by atoms with Gasteiger partial charge in [0.25, 0.3) is 0 Å². The second kappa shape index (κ2) is 7.55. The van der Waals surface area contributed by atoms with E-state index in [1.807, 2.05) is 0 Å². The summed E-state index contributed by atoms with van der Waals surface area (Å²) in [6.45, 7) is 0. The summed E-state index contributed by atoms with van der Waals surface area (Å²) >= 11 is 5.98. The number of phenolic OH excluding ortho intramolecular Hbond substituents is 2. The van der Waals surface area contributed by atoms with Gasteiger partial charge in [0, 0.05) is 12.5 Å². The van der Waals surface area contributed by atoms with Crippen molar-refractivity contribution in [2.24, 2.45) is 0 Å². The Balaban J connectivity index is 2.19. The molecule has 0 aliphatic heterocycles. The number of phenols is 2. The Kier molecular flexibility index (Phi) is 5.48. The van der Waals surface area contributed by atoms with E-state index < -0.39 is 23.4 Å². The van der Waals surface area contributed by atoms with Gasteiger partial charge in [-0.25, -0.2) is 9.78 Å². The van der Waals surface area contributed by atoms with Crippen LogP contribution in [-0.4, -0.2) is 44.4 Å². The number of nitrogens with zero attached hydrogens (tertiary/aromatic N) is 3. The molecule has 0 radical (unpaired) electrons. The van der Waals surface area contributed by atoms with E-state index >= 15 is 0 Å². The number of rotatable bonds is 5. The van der Waals surface area contributed by atoms with Crippen LogP contribution in [0.5, 0.6) is 11.5 Å². The van der Waals surface area contributed by atoms with Gasteiger partial charge in [0.15, 0.2) is 5.82 Å². The number of esters is 1. The molecule has 9 nitrogen and oxygen atoms in total. The minimum Gasteiger partial charge on any atom is -0.507 e. The average Bonchev–Trinajstić information content (AvgIpc) is 2.57. The maximum Gasteiger partial charge on any atom is 0.341 e. The van der Waals surface area contributed by atoms with Gasteiger partial charge in [-0.2, -0.15) is 5.10 Å². The van der Waals surface area contributed by atoms with Crippen molar-refractivity contribution in [1.29, 1.82) is 0 Å². The molecule has 0 saturated heterocycles. The van der Waals surface area contributed by atoms with Crippen LogP contribution < -0.4 is 5.32 Å². The molecule has 2 aromatic rings. The number of halogens is 1. The number of nitrogens with one attached hydrogen (secondary N) is 1. The number of ether oxygens (including phenoxy) is 1. The molecule has 0 aliphatic rings. The minimum absolute atomic E-state index is 0.0183. The molecule has 2 rings (SSSR count). The predicted octanol–water partition coefficient (Wildman–Crippen LogP) is 1.29. The highest BCUT2D eigenvalue weighted by atomic mass is 35.5. The second-order valence-corrected chi connectivity index (χ2v) is 4.99. The summed E-state index contributed by atoms with van der Waals surface area (Å²) in [5.41, 5.74) is -0.0891. The summed E-state index contributed by atoms with van der Waals surface area (Å²) in [5.74, 6) is -1.93. The first kappa shape index (κ1) is 17.4. The Hall–Kier alpha value is -2.94. The predicted molar refractivity (Wildman–Crippen MR) is 82.9 cm³/mol. The van der Waals surface area contributed by atoms with E-state index in [0.29, 0.717) is 0 Å². The molecule has 1 aromatic carbocycles. The molecule has 126 valence electrons. The minimum atomic E-state index is -0.829. The Morgan fingerprint density at radius 3 is 2.67 bits per heavy atom. The van der Waals surface area contributed by atoms with Crippen molar-refractivity contribution in [3.63, 3.8) is 0 Å². The van der Waals surface area contributed by atoms with Crippen LogP contribution in [0.4, 0.5) is 5.82 Å². The van der Waals surface area contributed by atoms with Crippen molar-refractivity contribution in [3.05, 3.63) is 34.7 Å². The van der Waals surface area contributed by atoms with Crippen molar-refractivity contribution in [1.82, 2.24) is 15.2 Å². The smallest absolute Gasteiger partial charge is 0.341 e. The zero-order chi connectivity index (χ0) is 17.7. The third kappa shape index (κ3) is 3.87. The molecular formula is C14H13ClN4O5. The van der Waals surface area contributed by atoms with E-state index in [1.54, 1.807) is 0 Å². The standard InChI is InChI=1S/C14H13ClN4O5/c1-24-14(23)12-7(13(15)9(21)4-8(12)20)2-3-11(22)19-10-5-17-18-6-16-10/h4-6,20-21H,2-3H2,1H3,(H,16,18,19,22). The van der Waals surface area contributed by atoms with Crippen molar-refractivity contribution in [2.45, 2.75) is 12.8 Å². The molecular weight excluding hydrogens is 340 g/mol. The van der Waals surface area contributed by atoms with Crippen LogP contribution in [0.1, 0.15) is 22.3 Å². The van der Waals surface area contributed by atoms with Crippen LogP contribution in [0.3, 0.4) is 0 Å². The molecule has 0 atom stereocenters. The first-order chi connectivity index (χ1) is 11.4. The molecule has 1 amide bonds. The van der Waals surface area contributed by atoms with Crippen LogP contribution in [0.25, 0.3) is 0 Å². The quantitative estimate of drug-likeness (QED) is 0.685. The average molecular weight is 353 g/mol. The number of hydrogen-bond acceptors (Lipinski definition) is 8. The number of aromatic hydroxyl groups is 2. The molecule has 0 fully saturated rings. The molecule has 10 heteroatoms. The first-order valence-corrected chi connectivity index (χ1v) is 7.06. The van der Waals surface area contributed by atoms with Gasteiger partial charge in [-0.05, 0) is 12.0 Å². The summed E-state index contributed by atoms with van der Waals surface area (Å²) in [5, 5.41) is 28.9. The fourth-order valence-electron chi connectivity index (χ4n) is 2.00. The normalized spacial score (nSPS) is 10.2. The lowest BCUT2D eigenvalue weighted by molar-refractivity contribution is -0.116. The lowest BCUT2D eigenvalue weighted by Gasteiger charge is -2.13. The first-order valence-electron chi connectivity index (χ1n) is 6.68. The SMILES string of the molecule is COC(=O)c1c(O)cc(O)c(Cl)c1CCC(=O)Nc1cnncn1. The summed E-state index contributed by atoms with van der Waals surface area (Å²) in [6.07, 6.45) is 2.34. The van der Waals surface area contributed by atoms with Crippen LogP contribution >= 0.6 is 11.6 Å². The van der Waals surface area contributed by atoms with Gasteiger partial charge in [0.1, 0.15) is 23.4 Å². The Bertz CT molecular complexity index is 770. The zero-order valence-electron chi connectivity index (χ0n) is 12.5. The highest BCUT2D eigenvalue weighted by Crippen LogP contribution is 2.37. The largest absolute Gasteiger partial charge is 0.507 e. The fraction of sp³-hybridized carbons (Fsp3) is 0.214. The number of hydrogen-bond donors (Lipinski definition) is 3. The molecule has 0 spiro atoms. The summed E-state index contributed by atoms with van der Waals surface area (Å²) in [4.78, 5) is 27.5. The van der Waals surface area contributed by atoms with Gasteiger partial charge in [-0.15, -0.1) is 5.10 Å². The Morgan fingerprint density at radius 2 is 2.04 bits per heavy atom. The van der Waals surface area contributed by atoms with Gasteiger partial charge in [0.2, 0.25) is 5.91 Å². The van der Waals surface area contributed by atoms with Crippen LogP contribution in [0.15, 0.2) is 18.6 Å².